The minimum absolute atomic E-state index is 0.252. The molecular weight excluding hydrogens is 256 g/mol. The van der Waals surface area contributed by atoms with Crippen molar-refractivity contribution in [3.8, 4) is 0 Å². The first-order chi connectivity index (χ1) is 9.69. The van der Waals surface area contributed by atoms with Gasteiger partial charge in [-0.2, -0.15) is 0 Å². The van der Waals surface area contributed by atoms with Gasteiger partial charge in [0.1, 0.15) is 11.8 Å². The quantitative estimate of drug-likeness (QED) is 0.776. The zero-order chi connectivity index (χ0) is 14.1. The fraction of sp³-hybridized carbons (Fsp3) is 0.462. The number of allylic oxidation sites excluding steroid dienone is 1. The molecule has 1 fully saturated rings. The molecule has 7 heteroatoms. The van der Waals surface area contributed by atoms with Gasteiger partial charge in [-0.1, -0.05) is 6.08 Å². The Labute approximate surface area is 116 Å². The monoisotopic (exact) mass is 274 g/mol. The summed E-state index contributed by atoms with van der Waals surface area (Å²) in [4.78, 5) is 14.6. The molecular formula is C13H18N6O. The number of β-amino-alcohol motifs (C(OH)–C–C–N with tert-alkyl or cyclic N) is 1. The summed E-state index contributed by atoms with van der Waals surface area (Å²) in [5, 5.41) is 10.0. The van der Waals surface area contributed by atoms with Crippen molar-refractivity contribution in [1.29, 1.82) is 0 Å². The second-order valence-electron chi connectivity index (χ2n) is 5.17. The van der Waals surface area contributed by atoms with Crippen molar-refractivity contribution >= 4 is 17.0 Å². The highest BCUT2D eigenvalue weighted by atomic mass is 16.3. The molecule has 1 aliphatic rings. The van der Waals surface area contributed by atoms with Crippen molar-refractivity contribution in [3.05, 3.63) is 25.3 Å². The second-order valence-corrected chi connectivity index (χ2v) is 5.17. The van der Waals surface area contributed by atoms with Crippen LogP contribution >= 0.6 is 0 Å². The van der Waals surface area contributed by atoms with Crippen LogP contribution in [0.3, 0.4) is 0 Å². The molecule has 0 radical (unpaired) electrons. The maximum Gasteiger partial charge on any atom is 0.166 e. The topological polar surface area (TPSA) is 93.1 Å². The maximum atomic E-state index is 10.0. The lowest BCUT2D eigenvalue weighted by Crippen LogP contribution is -2.24. The number of hydrogen-bond donors (Lipinski definition) is 2. The number of aliphatic hydroxyl groups is 1. The predicted octanol–water partition coefficient (Wildman–Crippen LogP) is 0.235. The predicted molar refractivity (Wildman–Crippen MR) is 75.6 cm³/mol. The van der Waals surface area contributed by atoms with Gasteiger partial charge in [-0.25, -0.2) is 15.0 Å². The molecule has 0 aliphatic carbocycles. The van der Waals surface area contributed by atoms with Gasteiger partial charge in [-0.15, -0.1) is 6.58 Å². The van der Waals surface area contributed by atoms with Crippen molar-refractivity contribution in [3.63, 3.8) is 0 Å². The highest BCUT2D eigenvalue weighted by molar-refractivity contribution is 5.80. The second kappa shape index (κ2) is 5.18. The summed E-state index contributed by atoms with van der Waals surface area (Å²) in [5.41, 5.74) is 7.11. The normalized spacial score (nSPS) is 23.4. The maximum absolute atomic E-state index is 10.0. The molecule has 20 heavy (non-hydrogen) atoms. The summed E-state index contributed by atoms with van der Waals surface area (Å²) in [7, 11) is 0. The van der Waals surface area contributed by atoms with E-state index in [1.54, 1.807) is 6.33 Å². The van der Waals surface area contributed by atoms with E-state index in [1.807, 2.05) is 10.6 Å². The lowest BCUT2D eigenvalue weighted by atomic mass is 10.0. The van der Waals surface area contributed by atoms with Crippen molar-refractivity contribution < 1.29 is 5.11 Å². The first-order valence-electron chi connectivity index (χ1n) is 6.61. The van der Waals surface area contributed by atoms with E-state index in [-0.39, 0.29) is 12.0 Å². The van der Waals surface area contributed by atoms with Gasteiger partial charge in [-0.3, -0.25) is 4.90 Å². The van der Waals surface area contributed by atoms with E-state index in [9.17, 15) is 5.11 Å². The molecule has 0 bridgehead atoms. The number of nitrogens with two attached hydrogens (primary N) is 1. The first kappa shape index (κ1) is 13.0. The molecule has 0 amide bonds. The van der Waals surface area contributed by atoms with Crippen LogP contribution in [-0.2, 0) is 6.67 Å². The summed E-state index contributed by atoms with van der Waals surface area (Å²) in [6, 6.07) is 0. The number of aromatic nitrogens is 4. The molecule has 1 saturated heterocycles. The largest absolute Gasteiger partial charge is 0.391 e. The number of likely N-dealkylation sites (tertiary alicyclic amines) is 1. The van der Waals surface area contributed by atoms with E-state index < -0.39 is 0 Å². The smallest absolute Gasteiger partial charge is 0.166 e. The van der Waals surface area contributed by atoms with Gasteiger partial charge in [0.05, 0.1) is 19.1 Å². The van der Waals surface area contributed by atoms with Gasteiger partial charge in [0.25, 0.3) is 0 Å². The molecule has 0 saturated carbocycles. The zero-order valence-electron chi connectivity index (χ0n) is 11.2. The minimum Gasteiger partial charge on any atom is -0.391 e. The third-order valence-electron chi connectivity index (χ3n) is 3.73. The average molecular weight is 274 g/mol. The molecule has 7 nitrogen and oxygen atoms in total. The van der Waals surface area contributed by atoms with E-state index in [2.05, 4.69) is 26.4 Å². The van der Waals surface area contributed by atoms with E-state index in [0.717, 1.165) is 18.6 Å². The number of nitrogen functional groups attached to an aromatic ring is 1. The van der Waals surface area contributed by atoms with Crippen LogP contribution in [0.1, 0.15) is 6.42 Å². The number of hydrogen-bond acceptors (Lipinski definition) is 6. The third kappa shape index (κ3) is 2.25. The number of nitrogens with zero attached hydrogens (tertiary/aromatic N) is 5. The van der Waals surface area contributed by atoms with Gasteiger partial charge in [-0.05, 0) is 6.42 Å². The summed E-state index contributed by atoms with van der Waals surface area (Å²) in [6.45, 7) is 5.86. The van der Waals surface area contributed by atoms with Crippen molar-refractivity contribution in [2.24, 2.45) is 5.92 Å². The average Bonchev–Trinajstić information content (AvgIpc) is 2.97. The van der Waals surface area contributed by atoms with Crippen LogP contribution in [-0.4, -0.2) is 48.7 Å². The highest BCUT2D eigenvalue weighted by Crippen LogP contribution is 2.22. The third-order valence-corrected chi connectivity index (χ3v) is 3.73. The van der Waals surface area contributed by atoms with E-state index >= 15 is 0 Å². The van der Waals surface area contributed by atoms with Crippen LogP contribution in [0.15, 0.2) is 25.3 Å². The molecule has 0 unspecified atom stereocenters. The fourth-order valence-corrected chi connectivity index (χ4v) is 2.72. The molecule has 1 aliphatic heterocycles. The molecule has 2 aromatic rings. The Bertz CT molecular complexity index is 624. The molecule has 0 aromatic carbocycles. The summed E-state index contributed by atoms with van der Waals surface area (Å²) >= 11 is 0. The number of fused-ring (bicyclic) bond motifs is 1. The van der Waals surface area contributed by atoms with E-state index in [0.29, 0.717) is 24.5 Å². The fourth-order valence-electron chi connectivity index (χ4n) is 2.72. The van der Waals surface area contributed by atoms with Crippen molar-refractivity contribution in [1.82, 2.24) is 24.4 Å². The van der Waals surface area contributed by atoms with Crippen LogP contribution in [0.25, 0.3) is 11.2 Å². The summed E-state index contributed by atoms with van der Waals surface area (Å²) < 4.78 is 1.93. The van der Waals surface area contributed by atoms with Crippen LogP contribution < -0.4 is 5.73 Å². The Morgan fingerprint density at radius 3 is 3.05 bits per heavy atom. The van der Waals surface area contributed by atoms with Gasteiger partial charge >= 0.3 is 0 Å². The van der Waals surface area contributed by atoms with Crippen molar-refractivity contribution in [2.75, 3.05) is 18.8 Å². The lowest BCUT2D eigenvalue weighted by molar-refractivity contribution is 0.139. The Hall–Kier alpha value is -1.99. The number of anilines is 1. The molecule has 3 N–H and O–H groups in total. The SMILES string of the molecule is C=CC[C@H]1CN(Cn2cnc3c(N)ncnc32)C[C@@H]1O. The standard InChI is InChI=1S/C13H18N6O/c1-2-3-9-4-18(5-10(9)20)8-19-7-17-11-12(14)15-6-16-13(11)19/h2,6-7,9-10,20H,1,3-5,8H2,(H2,14,15,16)/t9-,10-/m0/s1. The zero-order valence-corrected chi connectivity index (χ0v) is 11.2. The van der Waals surface area contributed by atoms with Gasteiger partial charge in [0.2, 0.25) is 0 Å². The number of aliphatic hydroxyl groups excluding tert-OH is 1. The highest BCUT2D eigenvalue weighted by Gasteiger charge is 2.30. The van der Waals surface area contributed by atoms with Crippen LogP contribution in [0.4, 0.5) is 5.82 Å². The lowest BCUT2D eigenvalue weighted by Gasteiger charge is -2.16. The van der Waals surface area contributed by atoms with Crippen molar-refractivity contribution in [2.45, 2.75) is 19.2 Å². The number of imidazole rings is 1. The Morgan fingerprint density at radius 1 is 1.40 bits per heavy atom. The Kier molecular flexibility index (Phi) is 3.37. The summed E-state index contributed by atoms with van der Waals surface area (Å²) in [5.74, 6) is 0.640. The summed E-state index contributed by atoms with van der Waals surface area (Å²) in [6.07, 6.45) is 5.54. The van der Waals surface area contributed by atoms with Crippen LogP contribution in [0, 0.1) is 5.92 Å². The van der Waals surface area contributed by atoms with Crippen LogP contribution in [0.2, 0.25) is 0 Å². The molecule has 106 valence electrons. The van der Waals surface area contributed by atoms with Gasteiger partial charge in [0.15, 0.2) is 11.5 Å². The van der Waals surface area contributed by atoms with Gasteiger partial charge in [0, 0.05) is 19.0 Å². The van der Waals surface area contributed by atoms with Crippen LogP contribution in [0.5, 0.6) is 0 Å². The van der Waals surface area contributed by atoms with E-state index in [1.165, 1.54) is 6.33 Å². The van der Waals surface area contributed by atoms with Gasteiger partial charge < -0.3 is 15.4 Å². The molecule has 3 heterocycles. The Morgan fingerprint density at radius 2 is 2.25 bits per heavy atom. The molecule has 2 atom stereocenters. The van der Waals surface area contributed by atoms with E-state index in [4.69, 9.17) is 5.73 Å². The number of rotatable bonds is 4. The first-order valence-corrected chi connectivity index (χ1v) is 6.61. The molecule has 3 rings (SSSR count). The Balaban J connectivity index is 1.77. The molecule has 2 aromatic heterocycles. The molecule has 0 spiro atoms. The minimum atomic E-state index is -0.303.